The number of fused-ring (bicyclic) bond motifs is 3. The lowest BCUT2D eigenvalue weighted by Crippen LogP contribution is -2.49. The summed E-state index contributed by atoms with van der Waals surface area (Å²) in [5.74, 6) is -1.03. The fraction of sp³-hybridized carbons (Fsp3) is 0.514. The lowest BCUT2D eigenvalue weighted by Gasteiger charge is -2.47. The highest BCUT2D eigenvalue weighted by molar-refractivity contribution is 7.66. The Bertz CT molecular complexity index is 2660. The van der Waals surface area contributed by atoms with Crippen LogP contribution in [-0.4, -0.2) is 119 Å². The van der Waals surface area contributed by atoms with Gasteiger partial charge >= 0.3 is 41.2 Å². The molecule has 1 saturated heterocycles. The highest BCUT2D eigenvalue weighted by Crippen LogP contribution is 2.66. The highest BCUT2D eigenvalue weighted by atomic mass is 31.3. The number of phosphoric acid groups is 3. The maximum absolute atomic E-state index is 13.0. The molecule has 4 aromatic rings. The number of carbonyl (C=O) groups excluding carboxylic acids is 3. The molecule has 1 fully saturated rings. The fourth-order valence-corrected chi connectivity index (χ4v) is 10.7. The number of rotatable bonds is 18. The van der Waals surface area contributed by atoms with E-state index in [0.717, 1.165) is 30.3 Å². The first-order valence-corrected chi connectivity index (χ1v) is 24.2. The molecule has 5 heterocycles. The zero-order chi connectivity index (χ0) is 47.6. The van der Waals surface area contributed by atoms with Gasteiger partial charge in [0.25, 0.3) is 0 Å². The van der Waals surface area contributed by atoms with E-state index >= 15 is 0 Å². The van der Waals surface area contributed by atoms with Crippen LogP contribution < -0.4 is 26.9 Å². The van der Waals surface area contributed by atoms with E-state index in [0.29, 0.717) is 23.9 Å². The summed E-state index contributed by atoms with van der Waals surface area (Å²) in [7, 11) is -17.2. The molecule has 65 heavy (non-hydrogen) atoms. The molecule has 0 spiro atoms. The van der Waals surface area contributed by atoms with Crippen molar-refractivity contribution in [2.75, 3.05) is 43.5 Å². The monoisotopic (exact) mass is 976 g/mol. The summed E-state index contributed by atoms with van der Waals surface area (Å²) >= 11 is 0. The van der Waals surface area contributed by atoms with Crippen LogP contribution in [-0.2, 0) is 45.8 Å². The number of hydrogen-bond acceptors (Lipinski definition) is 20. The molecule has 7 atom stereocenters. The zero-order valence-corrected chi connectivity index (χ0v) is 37.7. The van der Waals surface area contributed by atoms with Crippen molar-refractivity contribution in [1.82, 2.24) is 30.2 Å². The second kappa shape index (κ2) is 19.5. The first-order chi connectivity index (χ1) is 30.4. The molecule has 6 rings (SSSR count). The topological polar surface area (TPSA) is 386 Å². The Balaban J connectivity index is 1.04. The number of phosphoric ester groups is 1. The minimum absolute atomic E-state index is 0.0313. The summed E-state index contributed by atoms with van der Waals surface area (Å²) in [4.78, 5) is 102. The third kappa shape index (κ3) is 11.9. The van der Waals surface area contributed by atoms with E-state index in [9.17, 15) is 47.8 Å². The smallest absolute Gasteiger partial charge is 0.462 e. The summed E-state index contributed by atoms with van der Waals surface area (Å²) < 4.78 is 70.3. The van der Waals surface area contributed by atoms with Gasteiger partial charge in [-0.2, -0.15) is 8.62 Å². The molecule has 9 N–H and O–H groups in total. The second-order valence-electron chi connectivity index (χ2n) is 15.5. The Morgan fingerprint density at radius 2 is 1.74 bits per heavy atom. The van der Waals surface area contributed by atoms with Crippen LogP contribution in [0, 0.1) is 0 Å². The van der Waals surface area contributed by atoms with Crippen molar-refractivity contribution in [3.05, 3.63) is 52.4 Å². The van der Waals surface area contributed by atoms with E-state index in [-0.39, 0.29) is 66.0 Å². The van der Waals surface area contributed by atoms with Gasteiger partial charge in [0.15, 0.2) is 23.8 Å². The van der Waals surface area contributed by atoms with Crippen LogP contribution in [0.3, 0.4) is 0 Å². The second-order valence-corrected chi connectivity index (χ2v) is 19.9. The van der Waals surface area contributed by atoms with Crippen molar-refractivity contribution in [2.45, 2.75) is 83.0 Å². The first kappa shape index (κ1) is 49.6. The number of alkyl carbamates (subject to hydrolysis) is 1. The van der Waals surface area contributed by atoms with Gasteiger partial charge in [-0.25, -0.2) is 43.0 Å². The van der Waals surface area contributed by atoms with E-state index in [1.165, 1.54) is 10.6 Å². The van der Waals surface area contributed by atoms with Crippen molar-refractivity contribution < 1.29 is 84.5 Å². The largest absolute Gasteiger partial charge is 0.490 e. The van der Waals surface area contributed by atoms with Gasteiger partial charge in [0.05, 0.1) is 19.5 Å². The molecule has 3 aromatic heterocycles. The Hall–Kier alpha value is -4.88. The van der Waals surface area contributed by atoms with Gasteiger partial charge in [0.2, 0.25) is 5.91 Å². The molecular weight excluding hydrogens is 929 g/mol. The Kier molecular flexibility index (Phi) is 14.9. The molecule has 0 radical (unpaired) electrons. The number of nitrogens with zero attached hydrogens (tertiary/aromatic N) is 5. The Morgan fingerprint density at radius 3 is 2.45 bits per heavy atom. The molecule has 356 valence electrons. The third-order valence-corrected chi connectivity index (χ3v) is 14.1. The van der Waals surface area contributed by atoms with E-state index in [1.807, 2.05) is 6.07 Å². The Labute approximate surface area is 368 Å². The van der Waals surface area contributed by atoms with Gasteiger partial charge in [-0.15, -0.1) is 0 Å². The number of amides is 2. The van der Waals surface area contributed by atoms with Crippen LogP contribution in [0.4, 0.5) is 16.3 Å². The first-order valence-electron chi connectivity index (χ1n) is 19.7. The molecule has 2 aliphatic rings. The van der Waals surface area contributed by atoms with Crippen LogP contribution >= 0.6 is 23.5 Å². The highest BCUT2D eigenvalue weighted by Gasteiger charge is 2.50. The zero-order valence-electron chi connectivity index (χ0n) is 35.0. The predicted octanol–water partition coefficient (Wildman–Crippen LogP) is 2.08. The number of aromatic nitrogens is 4. The maximum atomic E-state index is 13.0. The third-order valence-electron chi connectivity index (χ3n) is 10.3. The summed E-state index contributed by atoms with van der Waals surface area (Å²) in [5, 5.41) is 16.9. The molecular formula is C35H47N8O19P3. The van der Waals surface area contributed by atoms with Crippen molar-refractivity contribution in [3.8, 4) is 0 Å². The number of aliphatic hydroxyl groups excluding tert-OH is 1. The van der Waals surface area contributed by atoms with Crippen molar-refractivity contribution >= 4 is 75.1 Å². The number of nitrogen functional groups attached to an aromatic ring is 1. The average Bonchev–Trinajstić information content (AvgIpc) is 3.75. The van der Waals surface area contributed by atoms with Crippen LogP contribution in [0.25, 0.3) is 22.1 Å². The number of esters is 1. The van der Waals surface area contributed by atoms with E-state index in [4.69, 9.17) is 34.1 Å². The molecule has 0 saturated carbocycles. The average molecular weight is 977 g/mol. The van der Waals surface area contributed by atoms with E-state index in [2.05, 4.69) is 64.4 Å². The van der Waals surface area contributed by atoms with Crippen molar-refractivity contribution in [3.63, 3.8) is 0 Å². The lowest BCUT2D eigenvalue weighted by atomic mass is 9.79. The van der Waals surface area contributed by atoms with Crippen LogP contribution in [0.1, 0.15) is 75.0 Å². The molecule has 0 aliphatic carbocycles. The molecule has 2 amide bonds. The lowest BCUT2D eigenvalue weighted by molar-refractivity contribution is -0.121. The van der Waals surface area contributed by atoms with Crippen molar-refractivity contribution in [2.24, 2.45) is 0 Å². The van der Waals surface area contributed by atoms with E-state index in [1.54, 1.807) is 13.0 Å². The van der Waals surface area contributed by atoms with Crippen molar-refractivity contribution in [1.29, 1.82) is 0 Å². The number of nitrogens with two attached hydrogens (primary N) is 1. The predicted molar refractivity (Wildman–Crippen MR) is 223 cm³/mol. The molecule has 1 aromatic carbocycles. The van der Waals surface area contributed by atoms with Gasteiger partial charge in [0, 0.05) is 48.7 Å². The number of carbonyl (C=O) groups is 3. The summed E-state index contributed by atoms with van der Waals surface area (Å²) in [6.07, 6.45) is -4.21. The number of anilines is 2. The fourth-order valence-electron chi connectivity index (χ4n) is 7.65. The Morgan fingerprint density at radius 1 is 1.02 bits per heavy atom. The normalized spacial score (nSPS) is 22.5. The summed E-state index contributed by atoms with van der Waals surface area (Å²) in [5.41, 5.74) is 6.76. The molecule has 27 nitrogen and oxygen atoms in total. The number of ether oxygens (including phenoxy) is 3. The van der Waals surface area contributed by atoms with Gasteiger partial charge in [-0.3, -0.25) is 13.9 Å². The quantitative estimate of drug-likeness (QED) is 0.0306. The van der Waals surface area contributed by atoms with Gasteiger partial charge in [-0.1, -0.05) is 6.92 Å². The SMILES string of the molecule is CCOC(=O)c1cc2cc3c(cc2oc1=O)N(CCCC(=O)NCCNC(=O)O[C@H]1[C@@H](O)[C@H](n2cnc4c(N)ncnc42)O[C@@H]1COP(=O)(O)OP(=O)(O)OP(=O)(O)O)C(C)(C)CC3C. The number of nitrogens with one attached hydrogen (secondary N) is 2. The minimum Gasteiger partial charge on any atom is -0.462 e. The standard InChI is InChI=1S/C35H47N8O19P3/c1-5-56-32(46)21-12-19-11-20-18(2)14-35(3,4)43(22(20)13-23(19)59-33(21)47)10-6-7-25(44)37-8-9-38-34(48)60-28-24(15-57-64(52,53)62-65(54,55)61-63(49,50)51)58-31(27(28)45)42-17-41-26-29(36)39-16-40-30(26)42/h11-13,16-18,24,27-28,31,45H,5-10,14-15H2,1-4H3,(H,37,44)(H,38,48)(H,52,53)(H,54,55)(H2,36,39,40)(H2,49,50,51)/t18?,24-,27-,28-,31-/m1/s1. The van der Waals surface area contributed by atoms with Gasteiger partial charge in [0.1, 0.15) is 35.2 Å². The maximum Gasteiger partial charge on any atom is 0.490 e. The number of hydrogen-bond donors (Lipinski definition) is 8. The van der Waals surface area contributed by atoms with Gasteiger partial charge < -0.3 is 64.6 Å². The summed E-state index contributed by atoms with van der Waals surface area (Å²) in [6.45, 7) is 7.07. The van der Waals surface area contributed by atoms with Crippen LogP contribution in [0.5, 0.6) is 0 Å². The van der Waals surface area contributed by atoms with Gasteiger partial charge in [-0.05, 0) is 57.2 Å². The molecule has 30 heteroatoms. The molecule has 3 unspecified atom stereocenters. The number of aliphatic hydroxyl groups is 1. The summed E-state index contributed by atoms with van der Waals surface area (Å²) in [6, 6.07) is 5.13. The number of imidazole rings is 1. The molecule has 0 bridgehead atoms. The van der Waals surface area contributed by atoms with Crippen LogP contribution in [0.15, 0.2) is 40.1 Å². The number of benzene rings is 1. The minimum atomic E-state index is -5.88. The molecule has 2 aliphatic heterocycles. The van der Waals surface area contributed by atoms with Crippen LogP contribution in [0.2, 0.25) is 0 Å². The van der Waals surface area contributed by atoms with E-state index < -0.39 is 72.3 Å².